The molecule has 0 bridgehead atoms. The molecule has 114 valence electrons. The second-order valence-electron chi connectivity index (χ2n) is 4.29. The number of nitrogens with two attached hydrogens (primary N) is 1. The van der Waals surface area contributed by atoms with Gasteiger partial charge < -0.3 is 10.0 Å². The molecule has 9 heteroatoms. The highest BCUT2D eigenvalue weighted by Gasteiger charge is 2.32. The Morgan fingerprint density at radius 1 is 1.24 bits per heavy atom. The van der Waals surface area contributed by atoms with E-state index in [1.165, 1.54) is 0 Å². The minimum Gasteiger partial charge on any atom is -0.395 e. The van der Waals surface area contributed by atoms with Crippen LogP contribution in [0.3, 0.4) is 0 Å². The van der Waals surface area contributed by atoms with Crippen LogP contribution in [0.5, 0.6) is 0 Å². The van der Waals surface area contributed by atoms with Gasteiger partial charge in [0.2, 0.25) is 5.95 Å². The van der Waals surface area contributed by atoms with Gasteiger partial charge in [0, 0.05) is 11.9 Å². The number of anilines is 2. The Hall–Kier alpha value is -2.13. The molecule has 0 amide bonds. The summed E-state index contributed by atoms with van der Waals surface area (Å²) in [5, 5.41) is 9.45. The molecule has 2 rings (SSSR count). The summed E-state index contributed by atoms with van der Waals surface area (Å²) in [5.74, 6) is 5.32. The number of nitrogens with zero attached hydrogens (tertiary/aromatic N) is 3. The third kappa shape index (κ3) is 3.70. The van der Waals surface area contributed by atoms with Crippen LogP contribution in [-0.4, -0.2) is 40.9 Å². The van der Waals surface area contributed by atoms with Crippen molar-refractivity contribution in [3.05, 3.63) is 24.3 Å². The van der Waals surface area contributed by atoms with Gasteiger partial charge in [-0.3, -0.25) is 5.43 Å². The van der Waals surface area contributed by atoms with Crippen molar-refractivity contribution in [3.8, 4) is 0 Å². The van der Waals surface area contributed by atoms with Crippen LogP contribution in [-0.2, 0) is 0 Å². The largest absolute Gasteiger partial charge is 0.405 e. The fourth-order valence-electron chi connectivity index (χ4n) is 1.96. The number of aromatic nitrogens is 2. The van der Waals surface area contributed by atoms with Crippen molar-refractivity contribution in [2.24, 2.45) is 5.84 Å². The number of fused-ring (bicyclic) bond motifs is 1. The van der Waals surface area contributed by atoms with E-state index < -0.39 is 19.3 Å². The van der Waals surface area contributed by atoms with Crippen LogP contribution in [0.15, 0.2) is 24.3 Å². The highest BCUT2D eigenvalue weighted by atomic mass is 19.4. The number of nitrogens with one attached hydrogen (secondary N) is 1. The van der Waals surface area contributed by atoms with E-state index in [4.69, 9.17) is 10.9 Å². The van der Waals surface area contributed by atoms with Crippen molar-refractivity contribution in [3.63, 3.8) is 0 Å². The zero-order valence-electron chi connectivity index (χ0n) is 10.9. The number of halogens is 3. The average Bonchev–Trinajstić information content (AvgIpc) is 2.44. The SMILES string of the molecule is NNc1nc(N(CCO)CC(F)(F)F)c2ccccc2n1. The fraction of sp³-hybridized carbons (Fsp3) is 0.333. The van der Waals surface area contributed by atoms with Crippen molar-refractivity contribution in [1.29, 1.82) is 0 Å². The van der Waals surface area contributed by atoms with Gasteiger partial charge in [-0.1, -0.05) is 12.1 Å². The third-order valence-corrected chi connectivity index (χ3v) is 2.75. The van der Waals surface area contributed by atoms with Crippen LogP contribution in [0.25, 0.3) is 10.9 Å². The standard InChI is InChI=1S/C12H14F3N5O/c13-12(14,15)7-20(5-6-21)10-8-3-1-2-4-9(8)17-11(18-10)19-16/h1-4,21H,5-7,16H2,(H,17,18,19). The van der Waals surface area contributed by atoms with E-state index >= 15 is 0 Å². The van der Waals surface area contributed by atoms with Gasteiger partial charge in [-0.05, 0) is 12.1 Å². The minimum absolute atomic E-state index is 0.00816. The van der Waals surface area contributed by atoms with Crippen LogP contribution in [0.2, 0.25) is 0 Å². The summed E-state index contributed by atoms with van der Waals surface area (Å²) in [6, 6.07) is 6.65. The average molecular weight is 301 g/mol. The van der Waals surface area contributed by atoms with Crippen molar-refractivity contribution < 1.29 is 18.3 Å². The number of benzene rings is 1. The van der Waals surface area contributed by atoms with Crippen molar-refractivity contribution >= 4 is 22.7 Å². The van der Waals surface area contributed by atoms with Gasteiger partial charge in [-0.15, -0.1) is 0 Å². The molecule has 2 aromatic rings. The number of hydrogen-bond acceptors (Lipinski definition) is 6. The van der Waals surface area contributed by atoms with Gasteiger partial charge in [0.15, 0.2) is 0 Å². The quantitative estimate of drug-likeness (QED) is 0.569. The highest BCUT2D eigenvalue weighted by molar-refractivity contribution is 5.90. The first kappa shape index (κ1) is 15.3. The van der Waals surface area contributed by atoms with E-state index in [0.717, 1.165) is 4.90 Å². The Labute approximate surface area is 118 Å². The van der Waals surface area contributed by atoms with Gasteiger partial charge in [-0.2, -0.15) is 18.2 Å². The lowest BCUT2D eigenvalue weighted by Gasteiger charge is -2.25. The summed E-state index contributed by atoms with van der Waals surface area (Å²) >= 11 is 0. The van der Waals surface area contributed by atoms with Crippen molar-refractivity contribution in [2.45, 2.75) is 6.18 Å². The number of aliphatic hydroxyl groups excluding tert-OH is 1. The predicted octanol–water partition coefficient (Wildman–Crippen LogP) is 1.28. The lowest BCUT2D eigenvalue weighted by atomic mass is 10.2. The zero-order chi connectivity index (χ0) is 15.5. The first-order valence-electron chi connectivity index (χ1n) is 6.10. The van der Waals surface area contributed by atoms with Crippen LogP contribution in [0.4, 0.5) is 24.9 Å². The molecule has 0 fully saturated rings. The summed E-state index contributed by atoms with van der Waals surface area (Å²) in [7, 11) is 0. The molecule has 0 atom stereocenters. The maximum absolute atomic E-state index is 12.7. The molecule has 4 N–H and O–H groups in total. The van der Waals surface area contributed by atoms with Crippen LogP contribution in [0.1, 0.15) is 0 Å². The van der Waals surface area contributed by atoms with Gasteiger partial charge in [-0.25, -0.2) is 10.8 Å². The van der Waals surface area contributed by atoms with Gasteiger partial charge in [0.25, 0.3) is 0 Å². The van der Waals surface area contributed by atoms with Gasteiger partial charge in [0.05, 0.1) is 12.1 Å². The molecular weight excluding hydrogens is 287 g/mol. The Morgan fingerprint density at radius 2 is 1.95 bits per heavy atom. The number of hydrazine groups is 1. The topological polar surface area (TPSA) is 87.3 Å². The molecule has 6 nitrogen and oxygen atoms in total. The summed E-state index contributed by atoms with van der Waals surface area (Å²) in [6.45, 7) is -1.86. The second kappa shape index (κ2) is 6.10. The summed E-state index contributed by atoms with van der Waals surface area (Å²) in [5.41, 5.74) is 2.69. The molecule has 0 aliphatic carbocycles. The number of para-hydroxylation sites is 1. The van der Waals surface area contributed by atoms with E-state index in [-0.39, 0.29) is 18.3 Å². The molecule has 1 heterocycles. The van der Waals surface area contributed by atoms with Crippen LogP contribution < -0.4 is 16.2 Å². The second-order valence-corrected chi connectivity index (χ2v) is 4.29. The Bertz CT molecular complexity index is 619. The van der Waals surface area contributed by atoms with Gasteiger partial charge >= 0.3 is 6.18 Å². The van der Waals surface area contributed by atoms with E-state index in [2.05, 4.69) is 15.4 Å². The first-order chi connectivity index (χ1) is 9.94. The highest BCUT2D eigenvalue weighted by Crippen LogP contribution is 2.27. The number of nitrogen functional groups attached to an aromatic ring is 1. The molecular formula is C12H14F3N5O. The molecule has 0 saturated carbocycles. The number of aliphatic hydroxyl groups is 1. The lowest BCUT2D eigenvalue weighted by molar-refractivity contribution is -0.119. The lowest BCUT2D eigenvalue weighted by Crippen LogP contribution is -2.37. The molecule has 0 aliphatic rings. The molecule has 0 spiro atoms. The molecule has 0 radical (unpaired) electrons. The summed E-state index contributed by atoms with van der Waals surface area (Å²) in [4.78, 5) is 9.02. The molecule has 0 aliphatic heterocycles. The van der Waals surface area contributed by atoms with Crippen molar-refractivity contribution in [1.82, 2.24) is 9.97 Å². The molecule has 0 saturated heterocycles. The molecule has 1 aromatic carbocycles. The number of rotatable bonds is 5. The smallest absolute Gasteiger partial charge is 0.395 e. The van der Waals surface area contributed by atoms with Gasteiger partial charge in [0.1, 0.15) is 12.4 Å². The number of hydrogen-bond donors (Lipinski definition) is 3. The zero-order valence-corrected chi connectivity index (χ0v) is 10.9. The van der Waals surface area contributed by atoms with E-state index in [9.17, 15) is 13.2 Å². The molecule has 1 aromatic heterocycles. The minimum atomic E-state index is -4.42. The van der Waals surface area contributed by atoms with E-state index in [1.54, 1.807) is 24.3 Å². The predicted molar refractivity (Wildman–Crippen MR) is 72.7 cm³/mol. The van der Waals surface area contributed by atoms with Crippen molar-refractivity contribution in [2.75, 3.05) is 30.0 Å². The third-order valence-electron chi connectivity index (χ3n) is 2.75. The monoisotopic (exact) mass is 301 g/mol. The fourth-order valence-corrected chi connectivity index (χ4v) is 1.96. The normalized spacial score (nSPS) is 11.7. The molecule has 0 unspecified atom stereocenters. The molecule has 21 heavy (non-hydrogen) atoms. The Kier molecular flexibility index (Phi) is 4.43. The van der Waals surface area contributed by atoms with Crippen LogP contribution in [0, 0.1) is 0 Å². The first-order valence-corrected chi connectivity index (χ1v) is 6.10. The maximum atomic E-state index is 12.7. The Morgan fingerprint density at radius 3 is 2.57 bits per heavy atom. The van der Waals surface area contributed by atoms with E-state index in [0.29, 0.717) is 10.9 Å². The number of alkyl halides is 3. The summed E-state index contributed by atoms with van der Waals surface area (Å²) < 4.78 is 38.1. The summed E-state index contributed by atoms with van der Waals surface area (Å²) in [6.07, 6.45) is -4.42. The van der Waals surface area contributed by atoms with E-state index in [1.807, 2.05) is 0 Å². The Balaban J connectivity index is 2.54. The van der Waals surface area contributed by atoms with Crippen LogP contribution >= 0.6 is 0 Å². The maximum Gasteiger partial charge on any atom is 0.405 e.